The van der Waals surface area contributed by atoms with Gasteiger partial charge >= 0.3 is 0 Å². The standard InChI is InChI=1S/C20H26N2O3S/c1-2-25-17-9-6-16(7-10-17)8-11-19(23)22-15-26-14-18(22)20(24)21-12-4-3-5-13-21/h6-11,18H,2-5,12-15H2,1H3/b11-8+/t18-/m0/s1. The highest BCUT2D eigenvalue weighted by Crippen LogP contribution is 2.24. The lowest BCUT2D eigenvalue weighted by Gasteiger charge is -2.31. The Kier molecular flexibility index (Phi) is 6.61. The van der Waals surface area contributed by atoms with Crippen LogP contribution in [0, 0.1) is 0 Å². The third kappa shape index (κ3) is 4.61. The number of carbonyl (C=O) groups is 2. The molecule has 2 aliphatic heterocycles. The molecule has 5 nitrogen and oxygen atoms in total. The summed E-state index contributed by atoms with van der Waals surface area (Å²) < 4.78 is 5.42. The summed E-state index contributed by atoms with van der Waals surface area (Å²) in [6.07, 6.45) is 6.69. The van der Waals surface area contributed by atoms with Gasteiger partial charge in [0.15, 0.2) is 0 Å². The monoisotopic (exact) mass is 374 g/mol. The molecule has 2 amide bonds. The zero-order valence-corrected chi connectivity index (χ0v) is 16.0. The molecule has 0 bridgehead atoms. The van der Waals surface area contributed by atoms with Gasteiger partial charge in [-0.1, -0.05) is 12.1 Å². The van der Waals surface area contributed by atoms with Crippen molar-refractivity contribution in [2.24, 2.45) is 0 Å². The molecule has 0 saturated carbocycles. The van der Waals surface area contributed by atoms with Gasteiger partial charge in [-0.3, -0.25) is 9.59 Å². The molecule has 1 aromatic rings. The second kappa shape index (κ2) is 9.12. The molecule has 26 heavy (non-hydrogen) atoms. The molecular formula is C20H26N2O3S. The van der Waals surface area contributed by atoms with Crippen molar-refractivity contribution in [2.45, 2.75) is 32.2 Å². The molecule has 140 valence electrons. The molecule has 0 N–H and O–H groups in total. The fraction of sp³-hybridized carbons (Fsp3) is 0.500. The first kappa shape index (κ1) is 18.8. The van der Waals surface area contributed by atoms with Crippen LogP contribution in [0.25, 0.3) is 6.08 Å². The van der Waals surface area contributed by atoms with Gasteiger partial charge in [-0.2, -0.15) is 0 Å². The molecule has 2 heterocycles. The minimum absolute atomic E-state index is 0.0979. The van der Waals surface area contributed by atoms with E-state index in [1.54, 1.807) is 28.8 Å². The lowest BCUT2D eigenvalue weighted by atomic mass is 10.1. The summed E-state index contributed by atoms with van der Waals surface area (Å²) in [5.74, 6) is 2.10. The molecule has 1 aromatic carbocycles. The van der Waals surface area contributed by atoms with Crippen molar-refractivity contribution >= 4 is 29.7 Å². The number of amides is 2. The van der Waals surface area contributed by atoms with Crippen LogP contribution in [0.2, 0.25) is 0 Å². The maximum atomic E-state index is 12.8. The molecule has 3 rings (SSSR count). The predicted octanol–water partition coefficient (Wildman–Crippen LogP) is 3.01. The Morgan fingerprint density at radius 3 is 2.62 bits per heavy atom. The minimum atomic E-state index is -0.324. The van der Waals surface area contributed by atoms with Crippen LogP contribution in [-0.2, 0) is 9.59 Å². The number of hydrogen-bond donors (Lipinski definition) is 0. The fourth-order valence-electron chi connectivity index (χ4n) is 3.29. The van der Waals surface area contributed by atoms with Gasteiger partial charge in [-0.25, -0.2) is 0 Å². The van der Waals surface area contributed by atoms with Gasteiger partial charge in [0.25, 0.3) is 0 Å². The van der Waals surface area contributed by atoms with Crippen molar-refractivity contribution in [1.82, 2.24) is 9.80 Å². The number of piperidine rings is 1. The van der Waals surface area contributed by atoms with Crippen molar-refractivity contribution in [3.05, 3.63) is 35.9 Å². The highest BCUT2D eigenvalue weighted by Gasteiger charge is 2.36. The van der Waals surface area contributed by atoms with Gasteiger partial charge in [-0.05, 0) is 50.0 Å². The van der Waals surface area contributed by atoms with Crippen LogP contribution in [-0.4, -0.2) is 59.0 Å². The third-order valence-corrected chi connectivity index (χ3v) is 5.74. The molecule has 0 radical (unpaired) electrons. The van der Waals surface area contributed by atoms with E-state index in [2.05, 4.69) is 0 Å². The average molecular weight is 375 g/mol. The molecule has 0 spiro atoms. The molecule has 0 aromatic heterocycles. The predicted molar refractivity (Wildman–Crippen MR) is 105 cm³/mol. The van der Waals surface area contributed by atoms with Crippen LogP contribution in [0.3, 0.4) is 0 Å². The van der Waals surface area contributed by atoms with Gasteiger partial charge in [0, 0.05) is 24.9 Å². The first-order chi connectivity index (χ1) is 12.7. The van der Waals surface area contributed by atoms with Gasteiger partial charge in [0.2, 0.25) is 11.8 Å². The number of carbonyl (C=O) groups excluding carboxylic acids is 2. The van der Waals surface area contributed by atoms with Crippen LogP contribution < -0.4 is 4.74 Å². The lowest BCUT2D eigenvalue weighted by Crippen LogP contribution is -2.50. The van der Waals surface area contributed by atoms with Crippen molar-refractivity contribution in [3.63, 3.8) is 0 Å². The number of ether oxygens (including phenoxy) is 1. The number of rotatable bonds is 5. The second-order valence-corrected chi connectivity index (χ2v) is 7.54. The third-order valence-electron chi connectivity index (χ3n) is 4.73. The molecule has 0 aliphatic carbocycles. The minimum Gasteiger partial charge on any atom is -0.494 e. The molecular weight excluding hydrogens is 348 g/mol. The number of thioether (sulfide) groups is 1. The van der Waals surface area contributed by atoms with Gasteiger partial charge < -0.3 is 14.5 Å². The Hall–Kier alpha value is -1.95. The van der Waals surface area contributed by atoms with E-state index in [-0.39, 0.29) is 17.9 Å². The van der Waals surface area contributed by atoms with Gasteiger partial charge in [0.05, 0.1) is 12.5 Å². The first-order valence-corrected chi connectivity index (χ1v) is 10.4. The summed E-state index contributed by atoms with van der Waals surface area (Å²) >= 11 is 1.65. The zero-order chi connectivity index (χ0) is 18.4. The Labute approximate surface area is 159 Å². The van der Waals surface area contributed by atoms with E-state index in [1.807, 2.05) is 36.1 Å². The van der Waals surface area contributed by atoms with Crippen LogP contribution in [0.4, 0.5) is 0 Å². The number of hydrogen-bond acceptors (Lipinski definition) is 4. The topological polar surface area (TPSA) is 49.9 Å². The Morgan fingerprint density at radius 2 is 1.92 bits per heavy atom. The smallest absolute Gasteiger partial charge is 0.247 e. The Morgan fingerprint density at radius 1 is 1.19 bits per heavy atom. The summed E-state index contributed by atoms with van der Waals surface area (Å²) in [6.45, 7) is 4.23. The van der Waals surface area contributed by atoms with Crippen molar-refractivity contribution < 1.29 is 14.3 Å². The van der Waals surface area contributed by atoms with Crippen LogP contribution in [0.15, 0.2) is 30.3 Å². The van der Waals surface area contributed by atoms with Crippen molar-refractivity contribution in [1.29, 1.82) is 0 Å². The van der Waals surface area contributed by atoms with E-state index in [9.17, 15) is 9.59 Å². The summed E-state index contributed by atoms with van der Waals surface area (Å²) in [5.41, 5.74) is 0.938. The molecule has 1 atom stereocenters. The highest BCUT2D eigenvalue weighted by atomic mass is 32.2. The first-order valence-electron chi connectivity index (χ1n) is 9.27. The molecule has 2 aliphatic rings. The average Bonchev–Trinajstić information content (AvgIpc) is 3.17. The maximum absolute atomic E-state index is 12.8. The lowest BCUT2D eigenvalue weighted by molar-refractivity contribution is -0.141. The SMILES string of the molecule is CCOc1ccc(/C=C/C(=O)N2CSC[C@H]2C(=O)N2CCCCC2)cc1. The molecule has 6 heteroatoms. The van der Waals surface area contributed by atoms with E-state index >= 15 is 0 Å². The van der Waals surface area contributed by atoms with E-state index in [4.69, 9.17) is 4.74 Å². The van der Waals surface area contributed by atoms with E-state index in [1.165, 1.54) is 6.42 Å². The van der Waals surface area contributed by atoms with E-state index < -0.39 is 0 Å². The molecule has 0 unspecified atom stereocenters. The fourth-order valence-corrected chi connectivity index (χ4v) is 4.45. The highest BCUT2D eigenvalue weighted by molar-refractivity contribution is 7.99. The summed E-state index contributed by atoms with van der Waals surface area (Å²) in [6, 6.07) is 7.30. The Bertz CT molecular complexity index is 654. The summed E-state index contributed by atoms with van der Waals surface area (Å²) in [5, 5.41) is 0. The largest absolute Gasteiger partial charge is 0.494 e. The zero-order valence-electron chi connectivity index (χ0n) is 15.2. The summed E-state index contributed by atoms with van der Waals surface area (Å²) in [7, 11) is 0. The van der Waals surface area contributed by atoms with Crippen LogP contribution >= 0.6 is 11.8 Å². The number of likely N-dealkylation sites (tertiary alicyclic amines) is 1. The van der Waals surface area contributed by atoms with E-state index in [0.29, 0.717) is 18.2 Å². The van der Waals surface area contributed by atoms with Gasteiger partial charge in [-0.15, -0.1) is 11.8 Å². The van der Waals surface area contributed by atoms with E-state index in [0.717, 1.165) is 37.2 Å². The molecule has 2 fully saturated rings. The second-order valence-electron chi connectivity index (χ2n) is 6.55. The van der Waals surface area contributed by atoms with Crippen molar-refractivity contribution in [3.8, 4) is 5.75 Å². The maximum Gasteiger partial charge on any atom is 0.247 e. The molecule has 2 saturated heterocycles. The van der Waals surface area contributed by atoms with Gasteiger partial charge in [0.1, 0.15) is 11.8 Å². The number of benzene rings is 1. The van der Waals surface area contributed by atoms with Crippen LogP contribution in [0.1, 0.15) is 31.7 Å². The Balaban J connectivity index is 1.61. The van der Waals surface area contributed by atoms with Crippen LogP contribution in [0.5, 0.6) is 5.75 Å². The summed E-state index contributed by atoms with van der Waals surface area (Å²) in [4.78, 5) is 29.0. The normalized spacial score (nSPS) is 20.6. The number of nitrogens with zero attached hydrogens (tertiary/aromatic N) is 2. The quantitative estimate of drug-likeness (QED) is 0.744. The van der Waals surface area contributed by atoms with Crippen molar-refractivity contribution in [2.75, 3.05) is 31.3 Å².